The molecule has 3 aromatic rings. The Labute approximate surface area is 197 Å². The number of morpholine rings is 1. The lowest BCUT2D eigenvalue weighted by Crippen LogP contribution is -2.40. The molecule has 0 radical (unpaired) electrons. The van der Waals surface area contributed by atoms with E-state index in [1.807, 2.05) is 31.2 Å². The van der Waals surface area contributed by atoms with Crippen molar-refractivity contribution in [2.24, 2.45) is 0 Å². The number of hydrogen-bond donors (Lipinski definition) is 0. The summed E-state index contributed by atoms with van der Waals surface area (Å²) in [6, 6.07) is 12.1. The van der Waals surface area contributed by atoms with Crippen LogP contribution in [-0.2, 0) is 9.53 Å². The maximum Gasteiger partial charge on any atom is 0.266 e. The Kier molecular flexibility index (Phi) is 8.81. The van der Waals surface area contributed by atoms with Gasteiger partial charge in [-0.15, -0.1) is 12.4 Å². The van der Waals surface area contributed by atoms with Gasteiger partial charge < -0.3 is 9.47 Å². The molecule has 0 spiro atoms. The van der Waals surface area contributed by atoms with E-state index in [0.717, 1.165) is 49.5 Å². The Morgan fingerprint density at radius 2 is 2.03 bits per heavy atom. The standard InChI is InChI=1S/C23H26FN3O3S.ClH/c1-17-5-2-3-6-20(17)30-16-22(28)27(10-4-9-26-11-13-29-14-12-26)23-25-19-8-7-18(24)15-21(19)31-23;/h2-3,5-8,15H,4,9-14,16H2,1H3;1H. The Bertz CT molecular complexity index is 1040. The smallest absolute Gasteiger partial charge is 0.266 e. The molecular formula is C23H27ClFN3O3S. The SMILES string of the molecule is Cc1ccccc1OCC(=O)N(CCCN1CCOCC1)c1nc2ccc(F)cc2s1.Cl. The van der Waals surface area contributed by atoms with Crippen LogP contribution >= 0.6 is 23.7 Å². The van der Waals surface area contributed by atoms with Crippen molar-refractivity contribution in [3.63, 3.8) is 0 Å². The van der Waals surface area contributed by atoms with E-state index >= 15 is 0 Å². The van der Waals surface area contributed by atoms with Crippen LogP contribution in [0.2, 0.25) is 0 Å². The van der Waals surface area contributed by atoms with Crippen molar-refractivity contribution in [3.05, 3.63) is 53.8 Å². The molecule has 0 bridgehead atoms. The van der Waals surface area contributed by atoms with Gasteiger partial charge in [-0.2, -0.15) is 0 Å². The second kappa shape index (κ2) is 11.6. The molecule has 172 valence electrons. The molecule has 6 nitrogen and oxygen atoms in total. The molecule has 4 rings (SSSR count). The quantitative estimate of drug-likeness (QED) is 0.482. The van der Waals surface area contributed by atoms with Gasteiger partial charge in [0, 0.05) is 26.2 Å². The molecule has 0 unspecified atom stereocenters. The molecule has 1 fully saturated rings. The van der Waals surface area contributed by atoms with Crippen molar-refractivity contribution in [2.75, 3.05) is 50.9 Å². The Hall–Kier alpha value is -2.26. The highest BCUT2D eigenvalue weighted by molar-refractivity contribution is 7.22. The Balaban J connectivity index is 0.00000289. The number of carbonyl (C=O) groups is 1. The third-order valence-electron chi connectivity index (χ3n) is 5.28. The monoisotopic (exact) mass is 479 g/mol. The van der Waals surface area contributed by atoms with Crippen LogP contribution in [-0.4, -0.2) is 61.8 Å². The van der Waals surface area contributed by atoms with E-state index in [2.05, 4.69) is 9.88 Å². The van der Waals surface area contributed by atoms with E-state index in [1.165, 1.54) is 23.5 Å². The Morgan fingerprint density at radius 3 is 2.81 bits per heavy atom. The Morgan fingerprint density at radius 1 is 1.25 bits per heavy atom. The summed E-state index contributed by atoms with van der Waals surface area (Å²) in [5.41, 5.74) is 1.66. The second-order valence-corrected chi connectivity index (χ2v) is 8.52. The maximum absolute atomic E-state index is 13.6. The lowest BCUT2D eigenvalue weighted by atomic mass is 10.2. The summed E-state index contributed by atoms with van der Waals surface area (Å²) in [5.74, 6) is 0.219. The van der Waals surface area contributed by atoms with Crippen LogP contribution in [0.4, 0.5) is 9.52 Å². The highest BCUT2D eigenvalue weighted by atomic mass is 35.5. The van der Waals surface area contributed by atoms with Crippen LogP contribution in [0.1, 0.15) is 12.0 Å². The molecule has 1 saturated heterocycles. The van der Waals surface area contributed by atoms with Crippen LogP contribution in [0.3, 0.4) is 0 Å². The van der Waals surface area contributed by atoms with E-state index in [4.69, 9.17) is 9.47 Å². The first-order chi connectivity index (χ1) is 15.1. The van der Waals surface area contributed by atoms with Gasteiger partial charge >= 0.3 is 0 Å². The second-order valence-electron chi connectivity index (χ2n) is 7.52. The molecular weight excluding hydrogens is 453 g/mol. The van der Waals surface area contributed by atoms with Gasteiger partial charge in [0.2, 0.25) is 0 Å². The van der Waals surface area contributed by atoms with E-state index in [9.17, 15) is 9.18 Å². The zero-order chi connectivity index (χ0) is 21.6. The maximum atomic E-state index is 13.6. The number of nitrogens with zero attached hydrogens (tertiary/aromatic N) is 3. The number of fused-ring (bicyclic) bond motifs is 1. The lowest BCUT2D eigenvalue weighted by Gasteiger charge is -2.27. The highest BCUT2D eigenvalue weighted by Crippen LogP contribution is 2.30. The zero-order valence-corrected chi connectivity index (χ0v) is 19.6. The fourth-order valence-electron chi connectivity index (χ4n) is 3.54. The summed E-state index contributed by atoms with van der Waals surface area (Å²) in [7, 11) is 0. The van der Waals surface area contributed by atoms with Crippen molar-refractivity contribution in [1.29, 1.82) is 0 Å². The molecule has 0 N–H and O–H groups in total. The van der Waals surface area contributed by atoms with E-state index in [-0.39, 0.29) is 30.7 Å². The summed E-state index contributed by atoms with van der Waals surface area (Å²) in [5, 5.41) is 0.570. The van der Waals surface area contributed by atoms with E-state index in [1.54, 1.807) is 11.0 Å². The van der Waals surface area contributed by atoms with Gasteiger partial charge in [-0.25, -0.2) is 9.37 Å². The number of anilines is 1. The molecule has 0 saturated carbocycles. The van der Waals surface area contributed by atoms with Crippen LogP contribution in [0.5, 0.6) is 5.75 Å². The van der Waals surface area contributed by atoms with Gasteiger partial charge in [-0.3, -0.25) is 14.6 Å². The number of para-hydroxylation sites is 1. The van der Waals surface area contributed by atoms with Crippen molar-refractivity contribution < 1.29 is 18.7 Å². The number of benzene rings is 2. The van der Waals surface area contributed by atoms with Gasteiger partial charge in [-0.05, 0) is 43.2 Å². The number of thiazole rings is 1. The topological polar surface area (TPSA) is 54.9 Å². The van der Waals surface area contributed by atoms with Gasteiger partial charge in [0.25, 0.3) is 5.91 Å². The first-order valence-corrected chi connectivity index (χ1v) is 11.3. The highest BCUT2D eigenvalue weighted by Gasteiger charge is 2.21. The van der Waals surface area contributed by atoms with Crippen LogP contribution in [0.25, 0.3) is 10.2 Å². The van der Waals surface area contributed by atoms with Crippen LogP contribution in [0.15, 0.2) is 42.5 Å². The van der Waals surface area contributed by atoms with Crippen molar-refractivity contribution in [1.82, 2.24) is 9.88 Å². The number of rotatable bonds is 8. The minimum absolute atomic E-state index is 0. The summed E-state index contributed by atoms with van der Waals surface area (Å²) in [4.78, 5) is 21.7. The van der Waals surface area contributed by atoms with Crippen molar-refractivity contribution in [3.8, 4) is 5.75 Å². The molecule has 32 heavy (non-hydrogen) atoms. The number of aromatic nitrogens is 1. The molecule has 1 aromatic heterocycles. The van der Waals surface area contributed by atoms with Gasteiger partial charge in [-0.1, -0.05) is 29.5 Å². The number of aryl methyl sites for hydroxylation is 1. The molecule has 0 atom stereocenters. The molecule has 1 aliphatic heterocycles. The van der Waals surface area contributed by atoms with E-state index < -0.39 is 0 Å². The molecule has 1 aliphatic rings. The average molecular weight is 480 g/mol. The van der Waals surface area contributed by atoms with Gasteiger partial charge in [0.15, 0.2) is 11.7 Å². The molecule has 9 heteroatoms. The first kappa shape index (κ1) is 24.4. The molecule has 2 heterocycles. The fourth-order valence-corrected chi connectivity index (χ4v) is 4.58. The van der Waals surface area contributed by atoms with Crippen LogP contribution < -0.4 is 9.64 Å². The normalized spacial score (nSPS) is 14.2. The summed E-state index contributed by atoms with van der Waals surface area (Å²) < 4.78 is 25.5. The number of halogens is 2. The molecule has 0 aliphatic carbocycles. The van der Waals surface area contributed by atoms with Gasteiger partial charge in [0.1, 0.15) is 11.6 Å². The van der Waals surface area contributed by atoms with Crippen molar-refractivity contribution in [2.45, 2.75) is 13.3 Å². The minimum atomic E-state index is -0.309. The number of hydrogen-bond acceptors (Lipinski definition) is 6. The first-order valence-electron chi connectivity index (χ1n) is 10.4. The predicted molar refractivity (Wildman–Crippen MR) is 128 cm³/mol. The summed E-state index contributed by atoms with van der Waals surface area (Å²) >= 11 is 1.32. The third-order valence-corrected chi connectivity index (χ3v) is 6.32. The van der Waals surface area contributed by atoms with Gasteiger partial charge in [0.05, 0.1) is 23.4 Å². The zero-order valence-electron chi connectivity index (χ0n) is 18.0. The minimum Gasteiger partial charge on any atom is -0.483 e. The fraction of sp³-hybridized carbons (Fsp3) is 0.391. The third kappa shape index (κ3) is 6.16. The largest absolute Gasteiger partial charge is 0.483 e. The van der Waals surface area contributed by atoms with Crippen molar-refractivity contribution >= 4 is 45.0 Å². The number of carbonyl (C=O) groups excluding carboxylic acids is 1. The summed E-state index contributed by atoms with van der Waals surface area (Å²) in [6.45, 7) is 6.58. The average Bonchev–Trinajstić information content (AvgIpc) is 3.19. The number of ether oxygens (including phenoxy) is 2. The van der Waals surface area contributed by atoms with E-state index in [0.29, 0.717) is 22.9 Å². The lowest BCUT2D eigenvalue weighted by molar-refractivity contribution is -0.120. The van der Waals surface area contributed by atoms with Crippen LogP contribution in [0, 0.1) is 12.7 Å². The molecule has 1 amide bonds. The predicted octanol–water partition coefficient (Wildman–Crippen LogP) is 4.30. The molecule has 2 aromatic carbocycles. The summed E-state index contributed by atoms with van der Waals surface area (Å²) in [6.07, 6.45) is 0.806. The number of amides is 1.